The quantitative estimate of drug-likeness (QED) is 0.853. The standard InChI is InChI=1S/C13H16BrNS/c14-11-7-3-6-10(8-11)12(13(15)16)9-4-1-2-5-9/h3,6-9,12H,1-2,4-5H2,(H2,15,16). The first kappa shape index (κ1) is 12.1. The SMILES string of the molecule is NC(=S)C(c1cccc(Br)c1)C1CCCC1. The van der Waals surface area contributed by atoms with Crippen molar-refractivity contribution in [2.24, 2.45) is 11.7 Å². The number of benzene rings is 1. The largest absolute Gasteiger partial charge is 0.393 e. The van der Waals surface area contributed by atoms with Gasteiger partial charge < -0.3 is 5.73 Å². The minimum atomic E-state index is 0.259. The summed E-state index contributed by atoms with van der Waals surface area (Å²) < 4.78 is 1.10. The fraction of sp³-hybridized carbons (Fsp3) is 0.462. The van der Waals surface area contributed by atoms with E-state index in [1.807, 2.05) is 6.07 Å². The van der Waals surface area contributed by atoms with E-state index >= 15 is 0 Å². The summed E-state index contributed by atoms with van der Waals surface area (Å²) in [6.07, 6.45) is 5.15. The fourth-order valence-electron chi connectivity index (χ4n) is 2.66. The molecule has 1 saturated carbocycles. The predicted molar refractivity (Wildman–Crippen MR) is 75.6 cm³/mol. The monoisotopic (exact) mass is 297 g/mol. The van der Waals surface area contributed by atoms with E-state index < -0.39 is 0 Å². The summed E-state index contributed by atoms with van der Waals surface area (Å²) in [5.74, 6) is 0.904. The molecule has 1 fully saturated rings. The van der Waals surface area contributed by atoms with Gasteiger partial charge in [-0.05, 0) is 36.5 Å². The van der Waals surface area contributed by atoms with Gasteiger partial charge in [0.2, 0.25) is 0 Å². The van der Waals surface area contributed by atoms with Crippen LogP contribution in [0.15, 0.2) is 28.7 Å². The topological polar surface area (TPSA) is 26.0 Å². The molecule has 0 aliphatic heterocycles. The zero-order chi connectivity index (χ0) is 11.5. The van der Waals surface area contributed by atoms with Gasteiger partial charge in [-0.3, -0.25) is 0 Å². The third-order valence-electron chi connectivity index (χ3n) is 3.39. The summed E-state index contributed by atoms with van der Waals surface area (Å²) in [6, 6.07) is 8.36. The van der Waals surface area contributed by atoms with E-state index in [9.17, 15) is 0 Å². The molecule has 0 amide bonds. The molecule has 1 aliphatic rings. The Bertz CT molecular complexity index is 385. The van der Waals surface area contributed by atoms with Crippen LogP contribution in [0.5, 0.6) is 0 Å². The second kappa shape index (κ2) is 5.28. The van der Waals surface area contributed by atoms with Gasteiger partial charge in [-0.15, -0.1) is 0 Å². The number of nitrogens with two attached hydrogens (primary N) is 1. The van der Waals surface area contributed by atoms with Gasteiger partial charge in [0.1, 0.15) is 0 Å². The number of thiocarbonyl (C=S) groups is 1. The minimum absolute atomic E-state index is 0.259. The highest BCUT2D eigenvalue weighted by atomic mass is 79.9. The summed E-state index contributed by atoms with van der Waals surface area (Å²) in [4.78, 5) is 0.644. The molecule has 86 valence electrons. The maximum atomic E-state index is 5.91. The van der Waals surface area contributed by atoms with Gasteiger partial charge in [0.05, 0.1) is 4.99 Å². The molecule has 1 aliphatic carbocycles. The molecule has 1 nitrogen and oxygen atoms in total. The van der Waals surface area contributed by atoms with Crippen molar-refractivity contribution in [2.75, 3.05) is 0 Å². The first-order chi connectivity index (χ1) is 7.68. The highest BCUT2D eigenvalue weighted by molar-refractivity contribution is 9.10. The molecule has 1 unspecified atom stereocenters. The van der Waals surface area contributed by atoms with Crippen molar-refractivity contribution in [2.45, 2.75) is 31.6 Å². The van der Waals surface area contributed by atoms with Crippen molar-refractivity contribution in [3.63, 3.8) is 0 Å². The summed E-state index contributed by atoms with van der Waals surface area (Å²) in [5.41, 5.74) is 7.17. The Hall–Kier alpha value is -0.410. The first-order valence-corrected chi connectivity index (χ1v) is 6.93. The molecule has 0 radical (unpaired) electrons. The molecule has 2 N–H and O–H groups in total. The van der Waals surface area contributed by atoms with Crippen LogP contribution < -0.4 is 5.73 Å². The van der Waals surface area contributed by atoms with Gasteiger partial charge >= 0.3 is 0 Å². The molecule has 0 spiro atoms. The van der Waals surface area contributed by atoms with Crippen LogP contribution in [0.1, 0.15) is 37.2 Å². The zero-order valence-electron chi connectivity index (χ0n) is 9.16. The van der Waals surface area contributed by atoms with Crippen molar-refractivity contribution < 1.29 is 0 Å². The third kappa shape index (κ3) is 2.64. The Labute approximate surface area is 111 Å². The third-order valence-corrected chi connectivity index (χ3v) is 4.13. The summed E-state index contributed by atoms with van der Waals surface area (Å²) >= 11 is 8.75. The molecule has 0 saturated heterocycles. The van der Waals surface area contributed by atoms with E-state index in [1.54, 1.807) is 0 Å². The zero-order valence-corrected chi connectivity index (χ0v) is 11.6. The Morgan fingerprint density at radius 1 is 1.38 bits per heavy atom. The second-order valence-electron chi connectivity index (χ2n) is 4.48. The predicted octanol–water partition coefficient (Wildman–Crippen LogP) is 4.01. The highest BCUT2D eigenvalue weighted by Gasteiger charge is 2.28. The van der Waals surface area contributed by atoms with Gasteiger partial charge in [0, 0.05) is 10.4 Å². The van der Waals surface area contributed by atoms with E-state index in [0.717, 1.165) is 4.47 Å². The van der Waals surface area contributed by atoms with Crippen LogP contribution in [-0.4, -0.2) is 4.99 Å². The van der Waals surface area contributed by atoms with Crippen LogP contribution in [0.25, 0.3) is 0 Å². The number of halogens is 1. The van der Waals surface area contributed by atoms with Gasteiger partial charge in [-0.2, -0.15) is 0 Å². The molecular weight excluding hydrogens is 282 g/mol. The highest BCUT2D eigenvalue weighted by Crippen LogP contribution is 2.38. The van der Waals surface area contributed by atoms with Crippen molar-refractivity contribution in [1.82, 2.24) is 0 Å². The lowest BCUT2D eigenvalue weighted by molar-refractivity contribution is 0.514. The summed E-state index contributed by atoms with van der Waals surface area (Å²) in [6.45, 7) is 0. The smallest absolute Gasteiger partial charge is 0.0806 e. The van der Waals surface area contributed by atoms with Crippen molar-refractivity contribution in [3.05, 3.63) is 34.3 Å². The molecule has 16 heavy (non-hydrogen) atoms. The van der Waals surface area contributed by atoms with E-state index in [-0.39, 0.29) is 5.92 Å². The van der Waals surface area contributed by atoms with Crippen LogP contribution >= 0.6 is 28.1 Å². The van der Waals surface area contributed by atoms with Crippen molar-refractivity contribution in [1.29, 1.82) is 0 Å². The van der Waals surface area contributed by atoms with E-state index in [0.29, 0.717) is 10.9 Å². The molecule has 1 atom stereocenters. The number of hydrogen-bond acceptors (Lipinski definition) is 1. The van der Waals surface area contributed by atoms with Crippen LogP contribution in [0.2, 0.25) is 0 Å². The molecule has 0 aromatic heterocycles. The van der Waals surface area contributed by atoms with Crippen LogP contribution in [-0.2, 0) is 0 Å². The van der Waals surface area contributed by atoms with Gasteiger partial charge in [-0.25, -0.2) is 0 Å². The lowest BCUT2D eigenvalue weighted by atomic mass is 9.85. The maximum absolute atomic E-state index is 5.91. The molecule has 0 bridgehead atoms. The second-order valence-corrected chi connectivity index (χ2v) is 5.87. The van der Waals surface area contributed by atoms with Gasteiger partial charge in [0.25, 0.3) is 0 Å². The first-order valence-electron chi connectivity index (χ1n) is 5.73. The van der Waals surface area contributed by atoms with Crippen LogP contribution in [0, 0.1) is 5.92 Å². The maximum Gasteiger partial charge on any atom is 0.0806 e. The summed E-state index contributed by atoms with van der Waals surface area (Å²) in [5, 5.41) is 0. The lowest BCUT2D eigenvalue weighted by Crippen LogP contribution is -2.25. The van der Waals surface area contributed by atoms with Crippen LogP contribution in [0.4, 0.5) is 0 Å². The number of rotatable bonds is 3. The normalized spacial score (nSPS) is 18.6. The molecule has 1 aromatic carbocycles. The van der Waals surface area contributed by atoms with E-state index in [1.165, 1.54) is 31.2 Å². The van der Waals surface area contributed by atoms with Crippen molar-refractivity contribution in [3.8, 4) is 0 Å². The average molecular weight is 298 g/mol. The van der Waals surface area contributed by atoms with Crippen LogP contribution in [0.3, 0.4) is 0 Å². The van der Waals surface area contributed by atoms with Crippen molar-refractivity contribution >= 4 is 33.1 Å². The molecule has 0 heterocycles. The Morgan fingerprint density at radius 2 is 2.06 bits per heavy atom. The van der Waals surface area contributed by atoms with E-state index in [2.05, 4.69) is 34.1 Å². The lowest BCUT2D eigenvalue weighted by Gasteiger charge is -2.22. The molecule has 1 aromatic rings. The van der Waals surface area contributed by atoms with E-state index in [4.69, 9.17) is 18.0 Å². The summed E-state index contributed by atoms with van der Waals surface area (Å²) in [7, 11) is 0. The molecular formula is C13H16BrNS. The Balaban J connectivity index is 2.28. The van der Waals surface area contributed by atoms with Gasteiger partial charge in [-0.1, -0.05) is 53.1 Å². The number of hydrogen-bond donors (Lipinski definition) is 1. The fourth-order valence-corrected chi connectivity index (χ4v) is 3.40. The molecule has 3 heteroatoms. The Morgan fingerprint density at radius 3 is 2.62 bits per heavy atom. The van der Waals surface area contributed by atoms with Gasteiger partial charge in [0.15, 0.2) is 0 Å². The average Bonchev–Trinajstić information content (AvgIpc) is 2.71. The minimum Gasteiger partial charge on any atom is -0.393 e. The molecule has 2 rings (SSSR count). The Kier molecular flexibility index (Phi) is 3.98.